The highest BCUT2D eigenvalue weighted by Crippen LogP contribution is 2.47. The Balaban J connectivity index is 2.08. The molecule has 0 bridgehead atoms. The van der Waals surface area contributed by atoms with Crippen LogP contribution in [0.5, 0.6) is 0 Å². The number of hydrogen-bond donors (Lipinski definition) is 1. The first kappa shape index (κ1) is 19.7. The number of carboxylic acids is 1. The number of β-lactam (4-membered cyclic amide) rings is 1. The van der Waals surface area contributed by atoms with Gasteiger partial charge in [-0.05, 0) is 6.92 Å². The second kappa shape index (κ2) is 7.34. The highest BCUT2D eigenvalue weighted by atomic mass is 32.2. The van der Waals surface area contributed by atoms with Gasteiger partial charge in [-0.2, -0.15) is 8.42 Å². The maximum atomic E-state index is 12.3. The molecule has 0 aliphatic carbocycles. The van der Waals surface area contributed by atoms with Crippen LogP contribution < -0.4 is 10.4 Å². The summed E-state index contributed by atoms with van der Waals surface area (Å²) in [5, 5.41) is 14.0. The number of amides is 2. The summed E-state index contributed by atoms with van der Waals surface area (Å²) in [7, 11) is -3.72. The molecule has 1 fully saturated rings. The zero-order valence-corrected chi connectivity index (χ0v) is 15.6. The van der Waals surface area contributed by atoms with Crippen molar-refractivity contribution in [3.05, 3.63) is 10.6 Å². The predicted molar refractivity (Wildman–Crippen MR) is 87.3 cm³/mol. The summed E-state index contributed by atoms with van der Waals surface area (Å²) in [5.41, 5.74) is -0.175. The van der Waals surface area contributed by atoms with Crippen molar-refractivity contribution in [2.24, 2.45) is 5.92 Å². The normalized spacial score (nSPS) is 24.0. The summed E-state index contributed by atoms with van der Waals surface area (Å²) >= 11 is 1.23. The number of nitrogens with zero attached hydrogens (tertiary/aromatic N) is 1. The summed E-state index contributed by atoms with van der Waals surface area (Å²) in [6.45, 7) is 3.21. The zero-order valence-electron chi connectivity index (χ0n) is 14.0. The van der Waals surface area contributed by atoms with E-state index in [0.717, 1.165) is 11.2 Å². The average Bonchev–Trinajstić information content (AvgIpc) is 2.76. The fourth-order valence-electron chi connectivity index (χ4n) is 3.07. The van der Waals surface area contributed by atoms with Crippen LogP contribution >= 0.6 is 11.8 Å². The monoisotopic (exact) mass is 391 g/mol. The smallest absolute Gasteiger partial charge is 0.264 e. The quantitative estimate of drug-likeness (QED) is 0.298. The molecular weight excluding hydrogens is 372 g/mol. The number of carbonyl (C=O) groups excluding carboxylic acids is 3. The molecule has 25 heavy (non-hydrogen) atoms. The number of thioether (sulfide) groups is 1. The SMILES string of the molecule is CC(=O)NCCSC1=C(C(=O)[O-])N2C(=O)[C@@H]([C@H](C)OS(C)(=O)=O)[C@H]2C1. The lowest BCUT2D eigenvalue weighted by molar-refractivity contribution is -0.301. The maximum absolute atomic E-state index is 12.3. The van der Waals surface area contributed by atoms with E-state index in [0.29, 0.717) is 23.6 Å². The van der Waals surface area contributed by atoms with Crippen LogP contribution in [-0.2, 0) is 28.7 Å². The van der Waals surface area contributed by atoms with Crippen molar-refractivity contribution in [3.8, 4) is 0 Å². The Morgan fingerprint density at radius 1 is 1.48 bits per heavy atom. The number of carboxylic acid groups (broad SMARTS) is 1. The van der Waals surface area contributed by atoms with E-state index in [9.17, 15) is 27.9 Å². The number of aliphatic carboxylic acids is 1. The largest absolute Gasteiger partial charge is 0.543 e. The van der Waals surface area contributed by atoms with E-state index in [1.165, 1.54) is 25.6 Å². The molecule has 1 N–H and O–H groups in total. The van der Waals surface area contributed by atoms with Crippen molar-refractivity contribution < 1.29 is 32.1 Å². The van der Waals surface area contributed by atoms with Gasteiger partial charge >= 0.3 is 0 Å². The third-order valence-electron chi connectivity index (χ3n) is 3.95. The van der Waals surface area contributed by atoms with E-state index in [2.05, 4.69) is 5.32 Å². The van der Waals surface area contributed by atoms with Crippen LogP contribution in [0.2, 0.25) is 0 Å². The topological polar surface area (TPSA) is 133 Å². The van der Waals surface area contributed by atoms with Crippen molar-refractivity contribution in [1.82, 2.24) is 10.2 Å². The number of nitrogens with one attached hydrogen (secondary N) is 1. The Morgan fingerprint density at radius 3 is 2.64 bits per heavy atom. The Labute approximate surface area is 149 Å². The van der Waals surface area contributed by atoms with Crippen molar-refractivity contribution in [2.75, 3.05) is 18.6 Å². The average molecular weight is 391 g/mol. The van der Waals surface area contributed by atoms with Gasteiger partial charge < -0.3 is 20.1 Å². The lowest BCUT2D eigenvalue weighted by Crippen LogP contribution is -2.63. The highest BCUT2D eigenvalue weighted by Gasteiger charge is 2.56. The maximum Gasteiger partial charge on any atom is 0.264 e. The number of carbonyl (C=O) groups is 3. The highest BCUT2D eigenvalue weighted by molar-refractivity contribution is 8.03. The molecule has 3 atom stereocenters. The second-order valence-electron chi connectivity index (χ2n) is 5.90. The van der Waals surface area contributed by atoms with Crippen molar-refractivity contribution in [1.29, 1.82) is 0 Å². The molecule has 1 saturated heterocycles. The van der Waals surface area contributed by atoms with E-state index in [-0.39, 0.29) is 11.6 Å². The van der Waals surface area contributed by atoms with Gasteiger partial charge in [-0.1, -0.05) is 0 Å². The van der Waals surface area contributed by atoms with E-state index in [1.807, 2.05) is 0 Å². The molecule has 2 rings (SSSR count). The molecule has 11 heteroatoms. The Morgan fingerprint density at radius 2 is 2.12 bits per heavy atom. The summed E-state index contributed by atoms with van der Waals surface area (Å²) in [5.74, 6) is -2.41. The van der Waals surface area contributed by atoms with Crippen LogP contribution in [0, 0.1) is 5.92 Å². The molecule has 0 unspecified atom stereocenters. The van der Waals surface area contributed by atoms with Crippen LogP contribution in [-0.4, -0.2) is 61.8 Å². The minimum atomic E-state index is -3.72. The Bertz CT molecular complexity index is 731. The minimum absolute atomic E-state index is 0.175. The van der Waals surface area contributed by atoms with Gasteiger partial charge in [-0.15, -0.1) is 11.8 Å². The van der Waals surface area contributed by atoms with Crippen molar-refractivity contribution >= 4 is 39.7 Å². The van der Waals surface area contributed by atoms with Crippen molar-refractivity contribution in [3.63, 3.8) is 0 Å². The molecule has 0 aromatic rings. The first-order valence-corrected chi connectivity index (χ1v) is 10.4. The molecule has 2 heterocycles. The van der Waals surface area contributed by atoms with Gasteiger partial charge in [0.05, 0.1) is 36.0 Å². The lowest BCUT2D eigenvalue weighted by Gasteiger charge is -2.46. The van der Waals surface area contributed by atoms with E-state index >= 15 is 0 Å². The van der Waals surface area contributed by atoms with Gasteiger partial charge in [0.2, 0.25) is 11.8 Å². The third kappa shape index (κ3) is 4.33. The number of fused-ring (bicyclic) bond motifs is 1. The van der Waals surface area contributed by atoms with E-state index in [4.69, 9.17) is 4.18 Å². The van der Waals surface area contributed by atoms with E-state index in [1.54, 1.807) is 0 Å². The second-order valence-corrected chi connectivity index (χ2v) is 8.69. The first-order chi connectivity index (χ1) is 11.5. The standard InChI is InChI=1S/C14H20N2O7S2/c1-7(23-25(3,21)22)11-9-6-10(24-5-4-15-8(2)17)12(14(19)20)16(9)13(11)18/h7,9,11H,4-6H2,1-3H3,(H,15,17)(H,19,20)/p-1/t7-,9+,11-/m0/s1. The minimum Gasteiger partial charge on any atom is -0.543 e. The summed E-state index contributed by atoms with van der Waals surface area (Å²) in [6, 6.07) is -0.458. The molecule has 9 nitrogen and oxygen atoms in total. The first-order valence-electron chi connectivity index (χ1n) is 7.56. The lowest BCUT2D eigenvalue weighted by atomic mass is 9.83. The zero-order chi connectivity index (χ0) is 18.9. The van der Waals surface area contributed by atoms with Crippen LogP contribution in [0.15, 0.2) is 10.6 Å². The fourth-order valence-corrected chi connectivity index (χ4v) is 4.80. The predicted octanol–water partition coefficient (Wildman–Crippen LogP) is -1.59. The molecule has 0 radical (unpaired) electrons. The molecule has 0 saturated carbocycles. The Kier molecular flexibility index (Phi) is 5.79. The van der Waals surface area contributed by atoms with Gasteiger partial charge in [0.15, 0.2) is 0 Å². The van der Waals surface area contributed by atoms with Crippen molar-refractivity contribution in [2.45, 2.75) is 32.4 Å². The van der Waals surface area contributed by atoms with Crippen LogP contribution in [0.25, 0.3) is 0 Å². The van der Waals surface area contributed by atoms with Gasteiger partial charge in [-0.25, -0.2) is 0 Å². The molecule has 0 aromatic carbocycles. The number of rotatable bonds is 8. The molecule has 0 spiro atoms. The molecule has 0 aromatic heterocycles. The van der Waals surface area contributed by atoms with Gasteiger partial charge in [0, 0.05) is 30.5 Å². The van der Waals surface area contributed by atoms with Crippen LogP contribution in [0.4, 0.5) is 0 Å². The van der Waals surface area contributed by atoms with Gasteiger partial charge in [-0.3, -0.25) is 13.8 Å². The summed E-state index contributed by atoms with van der Waals surface area (Å²) in [4.78, 5) is 36.2. The summed E-state index contributed by atoms with van der Waals surface area (Å²) < 4.78 is 27.4. The molecule has 2 aliphatic rings. The van der Waals surface area contributed by atoms with Crippen LogP contribution in [0.1, 0.15) is 20.3 Å². The van der Waals surface area contributed by atoms with Gasteiger partial charge in [0.25, 0.3) is 10.1 Å². The van der Waals surface area contributed by atoms with Gasteiger partial charge in [0.1, 0.15) is 0 Å². The van der Waals surface area contributed by atoms with E-state index < -0.39 is 40.1 Å². The Hall–Kier alpha value is -1.59. The molecule has 2 aliphatic heterocycles. The molecular formula is C14H19N2O7S2-. The van der Waals surface area contributed by atoms with Crippen LogP contribution in [0.3, 0.4) is 0 Å². The summed E-state index contributed by atoms with van der Waals surface area (Å²) in [6.07, 6.45) is 0.310. The molecule has 140 valence electrons. The molecule has 2 amide bonds. The fraction of sp³-hybridized carbons (Fsp3) is 0.643. The number of hydrogen-bond acceptors (Lipinski definition) is 8. The third-order valence-corrected chi connectivity index (χ3v) is 5.72.